The van der Waals surface area contributed by atoms with E-state index in [0.717, 1.165) is 16.2 Å². The van der Waals surface area contributed by atoms with Gasteiger partial charge in [-0.15, -0.1) is 0 Å². The van der Waals surface area contributed by atoms with Crippen LogP contribution in [0.25, 0.3) is 0 Å². The molecule has 0 saturated carbocycles. The van der Waals surface area contributed by atoms with Gasteiger partial charge in [-0.05, 0) is 13.3 Å². The fraction of sp³-hybridized carbons (Fsp3) is 0.889. The van der Waals surface area contributed by atoms with Crippen molar-refractivity contribution < 1.29 is 22.0 Å². The molecule has 8 heteroatoms. The lowest BCUT2D eigenvalue weighted by molar-refractivity contribution is -0.313. The molecule has 1 atom stereocenters. The Morgan fingerprint density at radius 2 is 1.76 bits per heavy atom. The minimum absolute atomic E-state index is 0.00689. The van der Waals surface area contributed by atoms with Gasteiger partial charge in [-0.2, -0.15) is 27.1 Å². The molecule has 0 N–H and O–H groups in total. The summed E-state index contributed by atoms with van der Waals surface area (Å²) in [4.78, 5) is 0.928. The molecule has 0 saturated heterocycles. The van der Waals surface area contributed by atoms with Crippen LogP contribution in [-0.2, 0) is 0 Å². The van der Waals surface area contributed by atoms with Crippen molar-refractivity contribution in [2.45, 2.75) is 38.5 Å². The summed E-state index contributed by atoms with van der Waals surface area (Å²) >= 11 is 0. The normalized spacial score (nSPS) is 21.5. The summed E-state index contributed by atoms with van der Waals surface area (Å²) in [5.74, 6) is -4.81. The Kier molecular flexibility index (Phi) is 3.83. The lowest BCUT2D eigenvalue weighted by Gasteiger charge is -2.36. The highest BCUT2D eigenvalue weighted by Crippen LogP contribution is 2.42. The summed E-state index contributed by atoms with van der Waals surface area (Å²) < 4.78 is 63.8. The van der Waals surface area contributed by atoms with Gasteiger partial charge in [0.05, 0.1) is 0 Å². The van der Waals surface area contributed by atoms with Gasteiger partial charge >= 0.3 is 12.1 Å². The average molecular weight is 259 g/mol. The van der Waals surface area contributed by atoms with E-state index in [-0.39, 0.29) is 13.1 Å². The summed E-state index contributed by atoms with van der Waals surface area (Å²) in [5.41, 5.74) is 0. The van der Waals surface area contributed by atoms with Gasteiger partial charge in [-0.3, -0.25) is 5.01 Å². The van der Waals surface area contributed by atoms with E-state index in [4.69, 9.17) is 0 Å². The highest BCUT2D eigenvalue weighted by molar-refractivity contribution is 5.57. The number of halogens is 5. The van der Waals surface area contributed by atoms with Crippen molar-refractivity contribution in [3.05, 3.63) is 0 Å². The molecule has 0 spiro atoms. The van der Waals surface area contributed by atoms with E-state index in [2.05, 4.69) is 5.10 Å². The Balaban J connectivity index is 2.98. The van der Waals surface area contributed by atoms with Crippen molar-refractivity contribution >= 4 is 6.34 Å². The molecule has 1 aliphatic heterocycles. The van der Waals surface area contributed by atoms with Crippen LogP contribution in [-0.4, -0.2) is 47.6 Å². The van der Waals surface area contributed by atoms with Gasteiger partial charge in [0.15, 0.2) is 6.17 Å². The molecule has 0 aromatic heterocycles. The van der Waals surface area contributed by atoms with Gasteiger partial charge in [0.25, 0.3) is 0 Å². The van der Waals surface area contributed by atoms with Crippen LogP contribution in [0.4, 0.5) is 22.0 Å². The molecule has 1 unspecified atom stereocenters. The predicted molar refractivity (Wildman–Crippen MR) is 52.7 cm³/mol. The molecule has 0 aromatic rings. The van der Waals surface area contributed by atoms with E-state index >= 15 is 0 Å². The molecule has 1 rings (SSSR count). The van der Waals surface area contributed by atoms with Crippen molar-refractivity contribution in [1.29, 1.82) is 0 Å². The summed E-state index contributed by atoms with van der Waals surface area (Å²) in [6.45, 7) is 3.28. The molecule has 3 nitrogen and oxygen atoms in total. The minimum atomic E-state index is -5.58. The van der Waals surface area contributed by atoms with Crippen molar-refractivity contribution in [3.63, 3.8) is 0 Å². The third kappa shape index (κ3) is 2.44. The molecule has 17 heavy (non-hydrogen) atoms. The van der Waals surface area contributed by atoms with Crippen LogP contribution in [0, 0.1) is 0 Å². The second-order valence-corrected chi connectivity index (χ2v) is 3.72. The first-order valence-electron chi connectivity index (χ1n) is 5.26. The van der Waals surface area contributed by atoms with Gasteiger partial charge < -0.3 is 4.90 Å². The maximum Gasteiger partial charge on any atom is 0.457 e. The largest absolute Gasteiger partial charge is 0.457 e. The molecule has 1 aliphatic rings. The first-order chi connectivity index (χ1) is 7.75. The van der Waals surface area contributed by atoms with Gasteiger partial charge in [-0.1, -0.05) is 6.92 Å². The van der Waals surface area contributed by atoms with Crippen molar-refractivity contribution in [2.24, 2.45) is 5.10 Å². The van der Waals surface area contributed by atoms with Gasteiger partial charge in [0.2, 0.25) is 0 Å². The van der Waals surface area contributed by atoms with Crippen molar-refractivity contribution in [3.8, 4) is 0 Å². The Labute approximate surface area is 95.9 Å². The molecule has 0 amide bonds. The Hall–Kier alpha value is -1.08. The van der Waals surface area contributed by atoms with Gasteiger partial charge in [-0.25, -0.2) is 0 Å². The smallest absolute Gasteiger partial charge is 0.334 e. The van der Waals surface area contributed by atoms with Crippen molar-refractivity contribution in [2.75, 3.05) is 13.1 Å². The second-order valence-electron chi connectivity index (χ2n) is 3.72. The number of alkyl halides is 5. The minimum Gasteiger partial charge on any atom is -0.334 e. The van der Waals surface area contributed by atoms with E-state index in [9.17, 15) is 22.0 Å². The zero-order valence-corrected chi connectivity index (χ0v) is 9.51. The molecule has 0 radical (unpaired) electrons. The topological polar surface area (TPSA) is 18.8 Å². The second kappa shape index (κ2) is 4.66. The summed E-state index contributed by atoms with van der Waals surface area (Å²) in [5, 5.41) is 4.32. The maximum atomic E-state index is 13.4. The van der Waals surface area contributed by atoms with E-state index in [0.29, 0.717) is 6.42 Å². The van der Waals surface area contributed by atoms with E-state index in [1.165, 1.54) is 6.92 Å². The lowest BCUT2D eigenvalue weighted by atomic mass is 10.2. The van der Waals surface area contributed by atoms with Crippen LogP contribution in [0.1, 0.15) is 20.3 Å². The van der Waals surface area contributed by atoms with E-state index < -0.39 is 18.3 Å². The Morgan fingerprint density at radius 1 is 1.18 bits per heavy atom. The lowest BCUT2D eigenvalue weighted by Crippen LogP contribution is -2.59. The molecule has 0 aromatic carbocycles. The predicted octanol–water partition coefficient (Wildman–Crippen LogP) is 2.50. The van der Waals surface area contributed by atoms with Crippen LogP contribution in [0.15, 0.2) is 5.10 Å². The first-order valence-corrected chi connectivity index (χ1v) is 5.26. The molecule has 0 fully saturated rings. The summed E-state index contributed by atoms with van der Waals surface area (Å²) in [6, 6.07) is 0. The summed E-state index contributed by atoms with van der Waals surface area (Å²) in [7, 11) is 0. The van der Waals surface area contributed by atoms with Gasteiger partial charge in [0.1, 0.15) is 6.34 Å². The zero-order chi connectivity index (χ0) is 13.3. The maximum absolute atomic E-state index is 13.4. The van der Waals surface area contributed by atoms with Crippen LogP contribution in [0.5, 0.6) is 0 Å². The molecule has 1 heterocycles. The van der Waals surface area contributed by atoms with Crippen LogP contribution in [0.3, 0.4) is 0 Å². The average Bonchev–Trinajstić information content (AvgIpc) is 2.60. The first kappa shape index (κ1) is 14.0. The standard InChI is InChI=1S/C9H14F5N3/c1-3-5-16-6-15-17(4-2)7(16)8(10,11)9(12,13)14/h6-7H,3-5H2,1-2H3. The Morgan fingerprint density at radius 3 is 2.18 bits per heavy atom. The van der Waals surface area contributed by atoms with E-state index in [1.54, 1.807) is 6.92 Å². The highest BCUT2D eigenvalue weighted by Gasteiger charge is 2.66. The molecular weight excluding hydrogens is 245 g/mol. The van der Waals surface area contributed by atoms with Crippen molar-refractivity contribution in [1.82, 2.24) is 9.91 Å². The molecular formula is C9H14F5N3. The third-order valence-corrected chi connectivity index (χ3v) is 2.45. The molecule has 0 aliphatic carbocycles. The monoisotopic (exact) mass is 259 g/mol. The fourth-order valence-electron chi connectivity index (χ4n) is 1.66. The fourth-order valence-corrected chi connectivity index (χ4v) is 1.66. The number of nitrogens with zero attached hydrogens (tertiary/aromatic N) is 3. The number of hydrogen-bond donors (Lipinski definition) is 0. The van der Waals surface area contributed by atoms with Crippen LogP contribution < -0.4 is 0 Å². The Bertz CT molecular complexity index is 289. The third-order valence-electron chi connectivity index (χ3n) is 2.45. The van der Waals surface area contributed by atoms with Crippen LogP contribution in [0.2, 0.25) is 0 Å². The molecule has 0 bridgehead atoms. The molecule has 100 valence electrons. The number of hydrazone groups is 1. The quantitative estimate of drug-likeness (QED) is 0.722. The van der Waals surface area contributed by atoms with Crippen LogP contribution >= 0.6 is 0 Å². The highest BCUT2D eigenvalue weighted by atomic mass is 19.4. The SMILES string of the molecule is CCCN1C=NN(CC)C1C(F)(F)C(F)(F)F. The zero-order valence-electron chi connectivity index (χ0n) is 9.51. The van der Waals surface area contributed by atoms with E-state index in [1.807, 2.05) is 0 Å². The summed E-state index contributed by atoms with van der Waals surface area (Å²) in [6.07, 6.45) is -6.15. The number of rotatable bonds is 4. The number of hydrogen-bond acceptors (Lipinski definition) is 3. The van der Waals surface area contributed by atoms with Gasteiger partial charge in [0, 0.05) is 13.1 Å².